The highest BCUT2D eigenvalue weighted by Crippen LogP contribution is 2.22. The number of hydrogen-bond acceptors (Lipinski definition) is 4. The van der Waals surface area contributed by atoms with Crippen molar-refractivity contribution in [2.75, 3.05) is 34.2 Å². The van der Waals surface area contributed by atoms with Crippen molar-refractivity contribution >= 4 is 42.1 Å². The first kappa shape index (κ1) is 22.0. The second kappa shape index (κ2) is 11.3. The molecule has 0 aliphatic rings. The molecule has 2 unspecified atom stereocenters. The zero-order valence-corrected chi connectivity index (χ0v) is 14.8. The first-order chi connectivity index (χ1) is 8.56. The van der Waals surface area contributed by atoms with Gasteiger partial charge in [-0.3, -0.25) is 4.79 Å². The number of thiophene rings is 1. The van der Waals surface area contributed by atoms with E-state index >= 15 is 0 Å². The molecule has 0 saturated carbocycles. The molecule has 118 valence electrons. The van der Waals surface area contributed by atoms with Crippen LogP contribution in [0.1, 0.15) is 17.8 Å². The van der Waals surface area contributed by atoms with Crippen LogP contribution in [0.3, 0.4) is 0 Å². The standard InChI is InChI=1S/C13H23N3OS.2ClH/c1-10(8-14-2)13(17)15-9-11(16(3)4)12-6-5-7-18-12;;/h5-7,10-11,14H,8-9H2,1-4H3,(H,15,17);2*1H. The van der Waals surface area contributed by atoms with Gasteiger partial charge < -0.3 is 15.5 Å². The molecule has 0 bridgehead atoms. The summed E-state index contributed by atoms with van der Waals surface area (Å²) in [6, 6.07) is 4.40. The molecule has 0 saturated heterocycles. The number of carbonyl (C=O) groups excluding carboxylic acids is 1. The van der Waals surface area contributed by atoms with E-state index in [0.717, 1.165) is 0 Å². The Labute approximate surface area is 138 Å². The molecule has 4 nitrogen and oxygen atoms in total. The Kier molecular flexibility index (Phi) is 12.5. The van der Waals surface area contributed by atoms with Crippen LogP contribution >= 0.6 is 36.2 Å². The van der Waals surface area contributed by atoms with Crippen LogP contribution in [0.15, 0.2) is 17.5 Å². The number of carbonyl (C=O) groups is 1. The van der Waals surface area contributed by atoms with Crippen LogP contribution in [-0.4, -0.2) is 45.0 Å². The summed E-state index contributed by atoms with van der Waals surface area (Å²) in [5.41, 5.74) is 0. The van der Waals surface area contributed by atoms with Crippen molar-refractivity contribution in [2.45, 2.75) is 13.0 Å². The van der Waals surface area contributed by atoms with Crippen molar-refractivity contribution in [1.82, 2.24) is 15.5 Å². The first-order valence-electron chi connectivity index (χ1n) is 6.18. The molecule has 1 heterocycles. The first-order valence-corrected chi connectivity index (χ1v) is 7.06. The predicted octanol–water partition coefficient (Wildman–Crippen LogP) is 2.17. The van der Waals surface area contributed by atoms with Crippen LogP contribution in [-0.2, 0) is 4.79 Å². The molecule has 0 fully saturated rings. The smallest absolute Gasteiger partial charge is 0.224 e. The van der Waals surface area contributed by atoms with Crippen molar-refractivity contribution in [3.8, 4) is 0 Å². The molecule has 7 heteroatoms. The lowest BCUT2D eigenvalue weighted by molar-refractivity contribution is -0.124. The van der Waals surface area contributed by atoms with Gasteiger partial charge in [0.05, 0.1) is 6.04 Å². The lowest BCUT2D eigenvalue weighted by atomic mass is 10.1. The van der Waals surface area contributed by atoms with E-state index in [-0.39, 0.29) is 42.7 Å². The summed E-state index contributed by atoms with van der Waals surface area (Å²) in [5.74, 6) is 0.105. The highest BCUT2D eigenvalue weighted by molar-refractivity contribution is 7.10. The molecule has 2 atom stereocenters. The van der Waals surface area contributed by atoms with Crippen LogP contribution in [0, 0.1) is 5.92 Å². The van der Waals surface area contributed by atoms with Gasteiger partial charge in [0, 0.05) is 23.9 Å². The molecule has 1 amide bonds. The summed E-state index contributed by atoms with van der Waals surface area (Å²) >= 11 is 1.72. The third kappa shape index (κ3) is 6.90. The van der Waals surface area contributed by atoms with E-state index in [1.54, 1.807) is 11.3 Å². The van der Waals surface area contributed by atoms with Gasteiger partial charge in [0.15, 0.2) is 0 Å². The molecule has 0 radical (unpaired) electrons. The average molecular weight is 342 g/mol. The number of likely N-dealkylation sites (N-methyl/N-ethyl adjacent to an activating group) is 1. The minimum atomic E-state index is 0. The van der Waals surface area contributed by atoms with Gasteiger partial charge in [0.25, 0.3) is 0 Å². The van der Waals surface area contributed by atoms with Crippen LogP contribution in [0.2, 0.25) is 0 Å². The summed E-state index contributed by atoms with van der Waals surface area (Å²) < 4.78 is 0. The van der Waals surface area contributed by atoms with Gasteiger partial charge in [-0.15, -0.1) is 36.2 Å². The highest BCUT2D eigenvalue weighted by atomic mass is 35.5. The second-order valence-corrected chi connectivity index (χ2v) is 5.68. The molecule has 2 N–H and O–H groups in total. The lowest BCUT2D eigenvalue weighted by Crippen LogP contribution is -2.39. The van der Waals surface area contributed by atoms with Gasteiger partial charge in [0.1, 0.15) is 0 Å². The monoisotopic (exact) mass is 341 g/mol. The summed E-state index contributed by atoms with van der Waals surface area (Å²) in [6.45, 7) is 3.29. The number of rotatable bonds is 7. The maximum absolute atomic E-state index is 11.9. The number of nitrogens with zero attached hydrogens (tertiary/aromatic N) is 1. The Bertz CT molecular complexity index is 361. The minimum absolute atomic E-state index is 0. The molecule has 1 aromatic heterocycles. The molecular weight excluding hydrogens is 317 g/mol. The van der Waals surface area contributed by atoms with Gasteiger partial charge in [-0.05, 0) is 32.6 Å². The molecule has 20 heavy (non-hydrogen) atoms. The van der Waals surface area contributed by atoms with Gasteiger partial charge in [-0.25, -0.2) is 0 Å². The van der Waals surface area contributed by atoms with Gasteiger partial charge in [-0.1, -0.05) is 13.0 Å². The summed E-state index contributed by atoms with van der Waals surface area (Å²) in [4.78, 5) is 15.3. The van der Waals surface area contributed by atoms with Crippen LogP contribution < -0.4 is 10.6 Å². The molecule has 0 aliphatic heterocycles. The van der Waals surface area contributed by atoms with Crippen molar-refractivity contribution in [1.29, 1.82) is 0 Å². The molecular formula is C13H25Cl2N3OS. The molecule has 0 spiro atoms. The maximum Gasteiger partial charge on any atom is 0.224 e. The Hall–Kier alpha value is -0.330. The average Bonchev–Trinajstić information content (AvgIpc) is 2.82. The summed E-state index contributed by atoms with van der Waals surface area (Å²) in [5, 5.41) is 8.11. The van der Waals surface area contributed by atoms with E-state index in [1.807, 2.05) is 34.1 Å². The Morgan fingerprint density at radius 2 is 2.00 bits per heavy atom. The third-order valence-corrected chi connectivity index (χ3v) is 3.90. The Morgan fingerprint density at radius 3 is 2.45 bits per heavy atom. The van der Waals surface area contributed by atoms with Crippen molar-refractivity contribution in [2.24, 2.45) is 5.92 Å². The van der Waals surface area contributed by atoms with Crippen molar-refractivity contribution in [3.05, 3.63) is 22.4 Å². The van der Waals surface area contributed by atoms with Gasteiger partial charge >= 0.3 is 0 Å². The summed E-state index contributed by atoms with van der Waals surface area (Å²) in [7, 11) is 5.93. The summed E-state index contributed by atoms with van der Waals surface area (Å²) in [6.07, 6.45) is 0. The predicted molar refractivity (Wildman–Crippen MR) is 91.3 cm³/mol. The SMILES string of the molecule is CNCC(C)C(=O)NCC(c1cccs1)N(C)C.Cl.Cl. The third-order valence-electron chi connectivity index (χ3n) is 2.92. The topological polar surface area (TPSA) is 44.4 Å². The highest BCUT2D eigenvalue weighted by Gasteiger charge is 2.18. The van der Waals surface area contributed by atoms with E-state index in [9.17, 15) is 4.79 Å². The zero-order chi connectivity index (χ0) is 13.5. The van der Waals surface area contributed by atoms with E-state index in [1.165, 1.54) is 4.88 Å². The zero-order valence-electron chi connectivity index (χ0n) is 12.4. The van der Waals surface area contributed by atoms with Gasteiger partial charge in [0.2, 0.25) is 5.91 Å². The van der Waals surface area contributed by atoms with Crippen molar-refractivity contribution < 1.29 is 4.79 Å². The second-order valence-electron chi connectivity index (χ2n) is 4.70. The van der Waals surface area contributed by atoms with E-state index in [4.69, 9.17) is 0 Å². The fourth-order valence-corrected chi connectivity index (χ4v) is 2.71. The quantitative estimate of drug-likeness (QED) is 0.798. The molecule has 1 rings (SSSR count). The number of amides is 1. The number of halogens is 2. The Balaban J connectivity index is 0. The maximum atomic E-state index is 11.9. The van der Waals surface area contributed by atoms with E-state index in [2.05, 4.69) is 27.0 Å². The molecule has 1 aromatic rings. The van der Waals surface area contributed by atoms with Crippen LogP contribution in [0.25, 0.3) is 0 Å². The lowest BCUT2D eigenvalue weighted by Gasteiger charge is -2.24. The van der Waals surface area contributed by atoms with E-state index < -0.39 is 0 Å². The van der Waals surface area contributed by atoms with Crippen LogP contribution in [0.5, 0.6) is 0 Å². The molecule has 0 aliphatic carbocycles. The number of nitrogens with one attached hydrogen (secondary N) is 2. The van der Waals surface area contributed by atoms with Crippen molar-refractivity contribution in [3.63, 3.8) is 0 Å². The fourth-order valence-electron chi connectivity index (χ4n) is 1.79. The molecule has 0 aromatic carbocycles. The van der Waals surface area contributed by atoms with Gasteiger partial charge in [-0.2, -0.15) is 0 Å². The Morgan fingerprint density at radius 1 is 1.35 bits per heavy atom. The minimum Gasteiger partial charge on any atom is -0.354 e. The normalized spacial score (nSPS) is 13.1. The number of hydrogen-bond donors (Lipinski definition) is 2. The fraction of sp³-hybridized carbons (Fsp3) is 0.615. The van der Waals surface area contributed by atoms with Crippen LogP contribution in [0.4, 0.5) is 0 Å². The largest absolute Gasteiger partial charge is 0.354 e. The van der Waals surface area contributed by atoms with E-state index in [0.29, 0.717) is 13.1 Å².